The molecule has 132 valence electrons. The molecule has 24 heavy (non-hydrogen) atoms. The minimum absolute atomic E-state index is 0.0189. The number of rotatable bonds is 3. The Kier molecular flexibility index (Phi) is 4.40. The Labute approximate surface area is 143 Å². The summed E-state index contributed by atoms with van der Waals surface area (Å²) >= 11 is 0. The van der Waals surface area contributed by atoms with E-state index in [-0.39, 0.29) is 24.2 Å². The Hall–Kier alpha value is -1.85. The summed E-state index contributed by atoms with van der Waals surface area (Å²) in [6, 6.07) is 0. The van der Waals surface area contributed by atoms with Crippen molar-refractivity contribution in [2.45, 2.75) is 64.5 Å². The summed E-state index contributed by atoms with van der Waals surface area (Å²) in [5, 5.41) is 4.42. The zero-order chi connectivity index (χ0) is 17.5. The van der Waals surface area contributed by atoms with E-state index in [4.69, 9.17) is 4.74 Å². The topological polar surface area (TPSA) is 64.4 Å². The monoisotopic (exact) mass is 333 g/mol. The number of esters is 1. The number of nitrogens with zero attached hydrogens (tertiary/aromatic N) is 3. The molecule has 0 radical (unpaired) electrons. The minimum atomic E-state index is -0.556. The van der Waals surface area contributed by atoms with Gasteiger partial charge in [0.15, 0.2) is 0 Å². The van der Waals surface area contributed by atoms with Gasteiger partial charge in [0.1, 0.15) is 5.60 Å². The van der Waals surface area contributed by atoms with Crippen LogP contribution in [-0.2, 0) is 27.9 Å². The minimum Gasteiger partial charge on any atom is -0.458 e. The van der Waals surface area contributed by atoms with E-state index in [1.807, 2.05) is 32.6 Å². The first kappa shape index (κ1) is 17.0. The molecule has 1 aliphatic carbocycles. The highest BCUT2D eigenvalue weighted by Crippen LogP contribution is 2.44. The summed E-state index contributed by atoms with van der Waals surface area (Å²) in [7, 11) is 3.72. The van der Waals surface area contributed by atoms with Gasteiger partial charge in [0.05, 0.1) is 18.0 Å². The summed E-state index contributed by atoms with van der Waals surface area (Å²) in [6.45, 7) is 4.50. The molecule has 1 aromatic heterocycles. The van der Waals surface area contributed by atoms with E-state index in [0.717, 1.165) is 49.1 Å². The molecule has 1 unspecified atom stereocenters. The van der Waals surface area contributed by atoms with Gasteiger partial charge in [0.25, 0.3) is 0 Å². The molecule has 3 rings (SSSR count). The molecular formula is C18H27N3O3. The van der Waals surface area contributed by atoms with Gasteiger partial charge in [-0.1, -0.05) is 6.42 Å². The fourth-order valence-electron chi connectivity index (χ4n) is 4.23. The molecule has 1 aromatic rings. The van der Waals surface area contributed by atoms with Crippen LogP contribution in [0.3, 0.4) is 0 Å². The smallest absolute Gasteiger partial charge is 0.307 e. The second-order valence-corrected chi connectivity index (χ2v) is 7.32. The number of aryl methyl sites for hydroxylation is 2. The number of hydrogen-bond donors (Lipinski definition) is 0. The van der Waals surface area contributed by atoms with Crippen LogP contribution in [0.5, 0.6) is 0 Å². The molecule has 6 heteroatoms. The molecule has 1 amide bonds. The van der Waals surface area contributed by atoms with Crippen LogP contribution >= 0.6 is 0 Å². The molecule has 2 heterocycles. The molecule has 0 bridgehead atoms. The molecule has 6 nitrogen and oxygen atoms in total. The van der Waals surface area contributed by atoms with Crippen molar-refractivity contribution in [1.82, 2.24) is 14.7 Å². The lowest BCUT2D eigenvalue weighted by Gasteiger charge is -2.37. The van der Waals surface area contributed by atoms with Gasteiger partial charge in [0.2, 0.25) is 5.91 Å². The van der Waals surface area contributed by atoms with Crippen molar-refractivity contribution in [3.63, 3.8) is 0 Å². The van der Waals surface area contributed by atoms with Gasteiger partial charge < -0.3 is 9.64 Å². The van der Waals surface area contributed by atoms with Gasteiger partial charge in [-0.2, -0.15) is 5.10 Å². The van der Waals surface area contributed by atoms with Crippen molar-refractivity contribution >= 4 is 11.9 Å². The summed E-state index contributed by atoms with van der Waals surface area (Å²) < 4.78 is 7.51. The van der Waals surface area contributed by atoms with E-state index in [9.17, 15) is 9.59 Å². The van der Waals surface area contributed by atoms with Gasteiger partial charge in [0, 0.05) is 31.9 Å². The van der Waals surface area contributed by atoms with Crippen molar-refractivity contribution in [2.24, 2.45) is 13.0 Å². The third-order valence-electron chi connectivity index (χ3n) is 5.75. The lowest BCUT2D eigenvalue weighted by atomic mass is 9.75. The highest BCUT2D eigenvalue weighted by molar-refractivity contribution is 5.87. The summed E-state index contributed by atoms with van der Waals surface area (Å²) in [5.74, 6) is -0.546. The zero-order valence-corrected chi connectivity index (χ0v) is 15.1. The largest absolute Gasteiger partial charge is 0.458 e. The van der Waals surface area contributed by atoms with Crippen LogP contribution in [0, 0.1) is 19.8 Å². The molecule has 1 atom stereocenters. The molecule has 0 aromatic carbocycles. The van der Waals surface area contributed by atoms with Gasteiger partial charge >= 0.3 is 5.97 Å². The Morgan fingerprint density at radius 1 is 1.33 bits per heavy atom. The number of hydrogen-bond acceptors (Lipinski definition) is 4. The molecule has 2 aliphatic rings. The predicted molar refractivity (Wildman–Crippen MR) is 89.2 cm³/mol. The fourth-order valence-corrected chi connectivity index (χ4v) is 4.23. The normalized spacial score (nSPS) is 22.7. The number of ether oxygens (including phenoxy) is 1. The molecular weight excluding hydrogens is 306 g/mol. The Morgan fingerprint density at radius 2 is 2.00 bits per heavy atom. The van der Waals surface area contributed by atoms with Crippen LogP contribution in [0.25, 0.3) is 0 Å². The van der Waals surface area contributed by atoms with Gasteiger partial charge in [-0.15, -0.1) is 0 Å². The molecule has 1 aliphatic heterocycles. The van der Waals surface area contributed by atoms with Crippen molar-refractivity contribution in [3.05, 3.63) is 17.0 Å². The molecule has 1 spiro atoms. The van der Waals surface area contributed by atoms with Crippen molar-refractivity contribution in [3.8, 4) is 0 Å². The van der Waals surface area contributed by atoms with Gasteiger partial charge in [-0.05, 0) is 39.5 Å². The van der Waals surface area contributed by atoms with Crippen molar-refractivity contribution in [2.75, 3.05) is 7.05 Å². The van der Waals surface area contributed by atoms with E-state index in [2.05, 4.69) is 5.10 Å². The highest BCUT2D eigenvalue weighted by Gasteiger charge is 2.53. The molecule has 1 saturated heterocycles. The maximum Gasteiger partial charge on any atom is 0.307 e. The molecule has 2 fully saturated rings. The number of amides is 1. The van der Waals surface area contributed by atoms with Crippen molar-refractivity contribution < 1.29 is 14.3 Å². The van der Waals surface area contributed by atoms with E-state index in [0.29, 0.717) is 6.54 Å². The average Bonchev–Trinajstić information content (AvgIpc) is 2.98. The van der Waals surface area contributed by atoms with Crippen LogP contribution in [-0.4, -0.2) is 39.2 Å². The molecule has 1 saturated carbocycles. The first-order valence-electron chi connectivity index (χ1n) is 8.80. The third kappa shape index (κ3) is 2.82. The Morgan fingerprint density at radius 3 is 2.58 bits per heavy atom. The fraction of sp³-hybridized carbons (Fsp3) is 0.722. The summed E-state index contributed by atoms with van der Waals surface area (Å²) in [4.78, 5) is 26.7. The third-order valence-corrected chi connectivity index (χ3v) is 5.75. The first-order chi connectivity index (χ1) is 11.3. The predicted octanol–water partition coefficient (Wildman–Crippen LogP) is 2.26. The Bertz CT molecular complexity index is 659. The molecule has 0 N–H and O–H groups in total. The van der Waals surface area contributed by atoms with E-state index in [1.165, 1.54) is 0 Å². The lowest BCUT2D eigenvalue weighted by molar-refractivity contribution is -0.155. The first-order valence-corrected chi connectivity index (χ1v) is 8.80. The van der Waals surface area contributed by atoms with Crippen LogP contribution < -0.4 is 0 Å². The second-order valence-electron chi connectivity index (χ2n) is 7.32. The maximum absolute atomic E-state index is 13.1. The van der Waals surface area contributed by atoms with E-state index >= 15 is 0 Å². The summed E-state index contributed by atoms with van der Waals surface area (Å²) in [5.41, 5.74) is 2.54. The highest BCUT2D eigenvalue weighted by atomic mass is 16.6. The van der Waals surface area contributed by atoms with E-state index < -0.39 is 5.60 Å². The lowest BCUT2D eigenvalue weighted by Crippen LogP contribution is -2.46. The SMILES string of the molecule is Cc1nn(C)c(C)c1CN(C)C(=O)C1CC(=O)OC12CCCCC2. The second kappa shape index (κ2) is 6.22. The van der Waals surface area contributed by atoms with Crippen LogP contribution in [0.2, 0.25) is 0 Å². The average molecular weight is 333 g/mol. The standard InChI is InChI=1S/C18H27N3O3/c1-12-14(13(2)21(4)19-12)11-20(3)17(23)15-10-16(22)24-18(15)8-6-5-7-9-18/h15H,5-11H2,1-4H3. The van der Waals surface area contributed by atoms with Crippen molar-refractivity contribution in [1.29, 1.82) is 0 Å². The van der Waals surface area contributed by atoms with Crippen LogP contribution in [0.15, 0.2) is 0 Å². The van der Waals surface area contributed by atoms with Crippen LogP contribution in [0.1, 0.15) is 55.5 Å². The van der Waals surface area contributed by atoms with Gasteiger partial charge in [-0.3, -0.25) is 14.3 Å². The van der Waals surface area contributed by atoms with E-state index in [1.54, 1.807) is 4.90 Å². The quantitative estimate of drug-likeness (QED) is 0.796. The zero-order valence-electron chi connectivity index (χ0n) is 15.1. The Balaban J connectivity index is 1.78. The van der Waals surface area contributed by atoms with Crippen LogP contribution in [0.4, 0.5) is 0 Å². The number of carbonyl (C=O) groups is 2. The maximum atomic E-state index is 13.1. The summed E-state index contributed by atoms with van der Waals surface area (Å²) in [6.07, 6.45) is 5.06. The number of carbonyl (C=O) groups excluding carboxylic acids is 2. The number of aromatic nitrogens is 2. The van der Waals surface area contributed by atoms with Gasteiger partial charge in [-0.25, -0.2) is 0 Å².